The summed E-state index contributed by atoms with van der Waals surface area (Å²) in [5.74, 6) is 0.871. The molecule has 1 aromatic heterocycles. The molecule has 0 aliphatic rings. The highest BCUT2D eigenvalue weighted by molar-refractivity contribution is 7.71. The minimum atomic E-state index is 0.513. The molecular formula is C16H21N5S. The number of rotatable bonds is 6. The Labute approximate surface area is 136 Å². The molecule has 0 bridgehead atoms. The molecule has 0 aliphatic heterocycles. The highest BCUT2D eigenvalue weighted by atomic mass is 32.1. The minimum Gasteiger partial charge on any atom is -0.284 e. The van der Waals surface area contributed by atoms with E-state index in [0.29, 0.717) is 17.9 Å². The topological polar surface area (TPSA) is 49.8 Å². The Hall–Kier alpha value is -1.97. The van der Waals surface area contributed by atoms with Crippen LogP contribution in [0.4, 0.5) is 0 Å². The van der Waals surface area contributed by atoms with Crippen molar-refractivity contribution in [2.45, 2.75) is 33.9 Å². The predicted molar refractivity (Wildman–Crippen MR) is 89.3 cm³/mol. The van der Waals surface area contributed by atoms with Gasteiger partial charge in [-0.25, -0.2) is 4.68 Å². The molecule has 1 heterocycles. The van der Waals surface area contributed by atoms with E-state index in [9.17, 15) is 0 Å². The van der Waals surface area contributed by atoms with E-state index in [0.717, 1.165) is 30.2 Å². The molecule has 0 spiro atoms. The average molecular weight is 315 g/mol. The number of aryl methyl sites for hydroxylation is 2. The van der Waals surface area contributed by atoms with Gasteiger partial charge in [0.1, 0.15) is 5.82 Å². The molecule has 0 amide bonds. The standard InChI is InChI=1S/C16H21N5S/c1-4-19(11-7-10-17)12-20-16(22)21(14(3)18-20)15-9-6-5-8-13(15)2/h5-6,8-9H,4,7,11-12H2,1-3H3. The fourth-order valence-corrected chi connectivity index (χ4v) is 2.76. The number of hydrogen-bond donors (Lipinski definition) is 0. The first kappa shape index (κ1) is 16.4. The second-order valence-electron chi connectivity index (χ2n) is 5.21. The fourth-order valence-electron chi connectivity index (χ4n) is 2.43. The average Bonchev–Trinajstić information content (AvgIpc) is 2.78. The largest absolute Gasteiger partial charge is 0.284 e. The van der Waals surface area contributed by atoms with Crippen LogP contribution in [0, 0.1) is 29.9 Å². The van der Waals surface area contributed by atoms with Crippen LogP contribution < -0.4 is 0 Å². The first-order chi connectivity index (χ1) is 10.6. The lowest BCUT2D eigenvalue weighted by Gasteiger charge is -2.18. The van der Waals surface area contributed by atoms with Gasteiger partial charge in [-0.1, -0.05) is 25.1 Å². The summed E-state index contributed by atoms with van der Waals surface area (Å²) in [5.41, 5.74) is 2.23. The summed E-state index contributed by atoms with van der Waals surface area (Å²) in [6.45, 7) is 8.30. The summed E-state index contributed by atoms with van der Waals surface area (Å²) < 4.78 is 4.52. The van der Waals surface area contributed by atoms with Crippen LogP contribution in [0.25, 0.3) is 5.69 Å². The Morgan fingerprint density at radius 1 is 1.32 bits per heavy atom. The maximum absolute atomic E-state index is 8.73. The van der Waals surface area contributed by atoms with Gasteiger partial charge in [0.2, 0.25) is 4.77 Å². The molecule has 0 N–H and O–H groups in total. The Morgan fingerprint density at radius 3 is 2.68 bits per heavy atom. The highest BCUT2D eigenvalue weighted by Gasteiger charge is 2.12. The molecule has 0 radical (unpaired) electrons. The van der Waals surface area contributed by atoms with Crippen LogP contribution in [-0.4, -0.2) is 32.3 Å². The lowest BCUT2D eigenvalue weighted by Crippen LogP contribution is -2.28. The van der Waals surface area contributed by atoms with Gasteiger partial charge in [-0.2, -0.15) is 10.4 Å². The molecule has 0 atom stereocenters. The smallest absolute Gasteiger partial charge is 0.203 e. The zero-order valence-corrected chi connectivity index (χ0v) is 14.1. The van der Waals surface area contributed by atoms with Crippen LogP contribution in [0.5, 0.6) is 0 Å². The summed E-state index contributed by atoms with van der Waals surface area (Å²) in [5, 5.41) is 13.3. The Morgan fingerprint density at radius 2 is 2.05 bits per heavy atom. The van der Waals surface area contributed by atoms with Crippen LogP contribution in [0.3, 0.4) is 0 Å². The molecule has 0 saturated heterocycles. The zero-order chi connectivity index (χ0) is 16.1. The number of benzene rings is 1. The molecule has 0 saturated carbocycles. The van der Waals surface area contributed by atoms with E-state index in [1.165, 1.54) is 0 Å². The quantitative estimate of drug-likeness (QED) is 0.768. The van der Waals surface area contributed by atoms with Gasteiger partial charge in [0.15, 0.2) is 0 Å². The molecule has 5 nitrogen and oxygen atoms in total. The number of para-hydroxylation sites is 1. The van der Waals surface area contributed by atoms with Gasteiger partial charge in [-0.15, -0.1) is 0 Å². The van der Waals surface area contributed by atoms with E-state index in [1.807, 2.05) is 28.3 Å². The summed E-state index contributed by atoms with van der Waals surface area (Å²) in [6.07, 6.45) is 0.513. The van der Waals surface area contributed by atoms with E-state index >= 15 is 0 Å². The van der Waals surface area contributed by atoms with Crippen molar-refractivity contribution in [2.24, 2.45) is 0 Å². The Kier molecular flexibility index (Phi) is 5.47. The summed E-state index contributed by atoms with van der Waals surface area (Å²) in [6, 6.07) is 10.3. The monoisotopic (exact) mass is 315 g/mol. The second kappa shape index (κ2) is 7.34. The molecule has 22 heavy (non-hydrogen) atoms. The number of nitriles is 1. The fraction of sp³-hybridized carbons (Fsp3) is 0.438. The highest BCUT2D eigenvalue weighted by Crippen LogP contribution is 2.16. The summed E-state index contributed by atoms with van der Waals surface area (Å²) in [7, 11) is 0. The van der Waals surface area contributed by atoms with Gasteiger partial charge >= 0.3 is 0 Å². The van der Waals surface area contributed by atoms with Crippen LogP contribution in [-0.2, 0) is 6.67 Å². The molecule has 1 aromatic carbocycles. The Bertz CT molecular complexity index is 738. The summed E-state index contributed by atoms with van der Waals surface area (Å²) in [4.78, 5) is 2.16. The molecular weight excluding hydrogens is 294 g/mol. The zero-order valence-electron chi connectivity index (χ0n) is 13.3. The number of nitrogens with zero attached hydrogens (tertiary/aromatic N) is 5. The molecule has 6 heteroatoms. The molecule has 2 rings (SSSR count). The predicted octanol–water partition coefficient (Wildman–Crippen LogP) is 3.21. The Balaban J connectivity index is 2.34. The van der Waals surface area contributed by atoms with Gasteiger partial charge in [0.25, 0.3) is 0 Å². The van der Waals surface area contributed by atoms with E-state index in [1.54, 1.807) is 0 Å². The van der Waals surface area contributed by atoms with Gasteiger partial charge in [-0.3, -0.25) is 9.47 Å². The minimum absolute atomic E-state index is 0.513. The van der Waals surface area contributed by atoms with E-state index in [4.69, 9.17) is 17.5 Å². The van der Waals surface area contributed by atoms with Gasteiger partial charge in [-0.05, 0) is 44.2 Å². The van der Waals surface area contributed by atoms with Crippen molar-refractivity contribution in [3.8, 4) is 11.8 Å². The van der Waals surface area contributed by atoms with Crippen molar-refractivity contribution in [2.75, 3.05) is 13.1 Å². The lowest BCUT2D eigenvalue weighted by molar-refractivity contribution is 0.220. The van der Waals surface area contributed by atoms with E-state index in [2.05, 4.69) is 42.0 Å². The van der Waals surface area contributed by atoms with Crippen LogP contribution >= 0.6 is 12.2 Å². The van der Waals surface area contributed by atoms with Crippen molar-refractivity contribution in [1.82, 2.24) is 19.2 Å². The lowest BCUT2D eigenvalue weighted by atomic mass is 10.2. The van der Waals surface area contributed by atoms with Crippen molar-refractivity contribution < 1.29 is 0 Å². The maximum atomic E-state index is 8.73. The van der Waals surface area contributed by atoms with E-state index in [-0.39, 0.29) is 0 Å². The molecule has 0 unspecified atom stereocenters. The van der Waals surface area contributed by atoms with Crippen LogP contribution in [0.15, 0.2) is 24.3 Å². The third-order valence-corrected chi connectivity index (χ3v) is 4.07. The van der Waals surface area contributed by atoms with Gasteiger partial charge in [0, 0.05) is 13.0 Å². The molecule has 116 valence electrons. The number of hydrogen-bond acceptors (Lipinski definition) is 4. The first-order valence-corrected chi connectivity index (χ1v) is 7.81. The van der Waals surface area contributed by atoms with Crippen molar-refractivity contribution in [1.29, 1.82) is 5.26 Å². The second-order valence-corrected chi connectivity index (χ2v) is 5.58. The van der Waals surface area contributed by atoms with E-state index < -0.39 is 0 Å². The van der Waals surface area contributed by atoms with Crippen molar-refractivity contribution >= 4 is 12.2 Å². The first-order valence-electron chi connectivity index (χ1n) is 7.40. The van der Waals surface area contributed by atoms with Crippen LogP contribution in [0.2, 0.25) is 0 Å². The van der Waals surface area contributed by atoms with Crippen LogP contribution in [0.1, 0.15) is 24.7 Å². The SMILES string of the molecule is CCN(CCC#N)Cn1nc(C)n(-c2ccccc2C)c1=S. The van der Waals surface area contributed by atoms with Gasteiger partial charge < -0.3 is 0 Å². The molecule has 0 aliphatic carbocycles. The molecule has 0 fully saturated rings. The van der Waals surface area contributed by atoms with Gasteiger partial charge in [0.05, 0.1) is 18.4 Å². The van der Waals surface area contributed by atoms with Crippen molar-refractivity contribution in [3.05, 3.63) is 40.4 Å². The molecule has 2 aromatic rings. The summed E-state index contributed by atoms with van der Waals surface area (Å²) >= 11 is 5.61. The third kappa shape index (κ3) is 3.43. The van der Waals surface area contributed by atoms with Crippen molar-refractivity contribution in [3.63, 3.8) is 0 Å². The maximum Gasteiger partial charge on any atom is 0.203 e. The number of aromatic nitrogens is 3. The normalized spacial score (nSPS) is 10.9. The third-order valence-electron chi connectivity index (χ3n) is 3.68.